The van der Waals surface area contributed by atoms with Gasteiger partial charge in [-0.25, -0.2) is 9.97 Å². The molecule has 1 aliphatic rings. The molecule has 1 fully saturated rings. The summed E-state index contributed by atoms with van der Waals surface area (Å²) in [5.41, 5.74) is 0.820. The molecule has 3 heterocycles. The zero-order chi connectivity index (χ0) is 20.1. The van der Waals surface area contributed by atoms with E-state index in [1.54, 1.807) is 32.8 Å². The van der Waals surface area contributed by atoms with Crippen molar-refractivity contribution in [1.29, 1.82) is 0 Å². The first-order valence-electron chi connectivity index (χ1n) is 9.22. The average molecular weight is 394 g/mol. The second kappa shape index (κ2) is 8.55. The minimum atomic E-state index is 0.587. The van der Waals surface area contributed by atoms with Crippen LogP contribution in [0.2, 0.25) is 0 Å². The molecule has 0 radical (unpaired) electrons. The van der Waals surface area contributed by atoms with Crippen LogP contribution in [0, 0.1) is 0 Å². The molecular formula is C19H22N8O2. The van der Waals surface area contributed by atoms with E-state index in [2.05, 4.69) is 40.3 Å². The van der Waals surface area contributed by atoms with Crippen molar-refractivity contribution in [2.24, 2.45) is 0 Å². The third-order valence-electron chi connectivity index (χ3n) is 4.60. The van der Waals surface area contributed by atoms with Crippen molar-refractivity contribution in [2.45, 2.75) is 0 Å². The van der Waals surface area contributed by atoms with Crippen molar-refractivity contribution in [3.05, 3.63) is 42.9 Å². The Kier molecular flexibility index (Phi) is 5.50. The molecule has 0 atom stereocenters. The lowest BCUT2D eigenvalue weighted by molar-refractivity contribution is 0.355. The number of benzene rings is 1. The molecule has 4 rings (SSSR count). The predicted molar refractivity (Wildman–Crippen MR) is 109 cm³/mol. The first-order valence-corrected chi connectivity index (χ1v) is 9.22. The Bertz CT molecular complexity index is 948. The first kappa shape index (κ1) is 18.7. The van der Waals surface area contributed by atoms with Crippen LogP contribution < -0.4 is 24.6 Å². The highest BCUT2D eigenvalue weighted by Crippen LogP contribution is 2.30. The van der Waals surface area contributed by atoms with E-state index >= 15 is 0 Å². The molecule has 3 aromatic rings. The van der Waals surface area contributed by atoms with E-state index in [9.17, 15) is 0 Å². The number of rotatable bonds is 6. The van der Waals surface area contributed by atoms with E-state index in [0.717, 1.165) is 37.8 Å². The van der Waals surface area contributed by atoms with Gasteiger partial charge in [-0.05, 0) is 18.2 Å². The van der Waals surface area contributed by atoms with Crippen molar-refractivity contribution >= 4 is 23.4 Å². The Morgan fingerprint density at radius 2 is 1.59 bits per heavy atom. The van der Waals surface area contributed by atoms with Crippen LogP contribution in [0.1, 0.15) is 0 Å². The molecular weight excluding hydrogens is 372 g/mol. The monoisotopic (exact) mass is 394 g/mol. The normalized spacial score (nSPS) is 13.9. The summed E-state index contributed by atoms with van der Waals surface area (Å²) >= 11 is 0. The summed E-state index contributed by atoms with van der Waals surface area (Å²) in [6.45, 7) is 3.11. The summed E-state index contributed by atoms with van der Waals surface area (Å²) in [7, 11) is 3.21. The Morgan fingerprint density at radius 1 is 0.897 bits per heavy atom. The van der Waals surface area contributed by atoms with Gasteiger partial charge in [0.05, 0.1) is 20.4 Å². The van der Waals surface area contributed by atoms with Crippen LogP contribution >= 0.6 is 0 Å². The number of methoxy groups -OCH3 is 2. The van der Waals surface area contributed by atoms with Gasteiger partial charge in [0.2, 0.25) is 11.9 Å². The summed E-state index contributed by atoms with van der Waals surface area (Å²) < 4.78 is 10.6. The molecule has 1 aromatic carbocycles. The lowest BCUT2D eigenvalue weighted by Gasteiger charge is -2.34. The Morgan fingerprint density at radius 3 is 2.28 bits per heavy atom. The van der Waals surface area contributed by atoms with Crippen LogP contribution in [0.3, 0.4) is 0 Å². The van der Waals surface area contributed by atoms with Crippen molar-refractivity contribution in [3.8, 4) is 11.5 Å². The van der Waals surface area contributed by atoms with Crippen molar-refractivity contribution in [3.63, 3.8) is 0 Å². The number of nitrogens with zero attached hydrogens (tertiary/aromatic N) is 7. The number of anilines is 4. The van der Waals surface area contributed by atoms with E-state index in [1.807, 2.05) is 24.3 Å². The van der Waals surface area contributed by atoms with Gasteiger partial charge in [0.25, 0.3) is 0 Å². The summed E-state index contributed by atoms with van der Waals surface area (Å²) in [6.07, 6.45) is 5.10. The minimum absolute atomic E-state index is 0.587. The lowest BCUT2D eigenvalue weighted by Crippen LogP contribution is -2.47. The molecule has 0 unspecified atom stereocenters. The van der Waals surface area contributed by atoms with Crippen molar-refractivity contribution in [2.75, 3.05) is 55.5 Å². The summed E-state index contributed by atoms with van der Waals surface area (Å²) in [5, 5.41) is 11.5. The lowest BCUT2D eigenvalue weighted by atomic mass is 10.2. The Balaban J connectivity index is 1.43. The zero-order valence-corrected chi connectivity index (χ0v) is 16.3. The first-order chi connectivity index (χ1) is 14.3. The molecule has 0 spiro atoms. The summed E-state index contributed by atoms with van der Waals surface area (Å²) in [6, 6.07) is 7.39. The van der Waals surface area contributed by atoms with Gasteiger partial charge < -0.3 is 24.6 Å². The highest BCUT2D eigenvalue weighted by molar-refractivity contribution is 5.61. The molecule has 0 amide bonds. The molecule has 10 heteroatoms. The van der Waals surface area contributed by atoms with Crippen LogP contribution in [0.4, 0.5) is 23.4 Å². The second-order valence-corrected chi connectivity index (χ2v) is 6.36. The van der Waals surface area contributed by atoms with Crippen molar-refractivity contribution in [1.82, 2.24) is 25.1 Å². The minimum Gasteiger partial charge on any atom is -0.493 e. The number of hydrogen-bond donors (Lipinski definition) is 1. The largest absolute Gasteiger partial charge is 0.493 e. The average Bonchev–Trinajstić information content (AvgIpc) is 2.80. The molecule has 10 nitrogen and oxygen atoms in total. The van der Waals surface area contributed by atoms with Gasteiger partial charge in [0.15, 0.2) is 17.3 Å². The molecule has 0 aliphatic carbocycles. The van der Waals surface area contributed by atoms with Gasteiger partial charge in [-0.3, -0.25) is 0 Å². The molecule has 2 aromatic heterocycles. The molecule has 0 saturated carbocycles. The van der Waals surface area contributed by atoms with E-state index in [-0.39, 0.29) is 0 Å². The number of ether oxygens (including phenoxy) is 2. The van der Waals surface area contributed by atoms with E-state index in [1.165, 1.54) is 0 Å². The standard InChI is InChI=1S/C19H22N8O2/c1-28-15-5-4-14(12-16(15)29-2)23-17-13-22-25-19(24-17)27-10-8-26(9-11-27)18-20-6-3-7-21-18/h3-7,12-13H,8-11H2,1-2H3,(H,23,24,25). The fraction of sp³-hybridized carbons (Fsp3) is 0.316. The maximum absolute atomic E-state index is 5.34. The summed E-state index contributed by atoms with van der Waals surface area (Å²) in [5.74, 6) is 3.24. The highest BCUT2D eigenvalue weighted by Gasteiger charge is 2.21. The molecule has 1 aliphatic heterocycles. The zero-order valence-electron chi connectivity index (χ0n) is 16.3. The van der Waals surface area contributed by atoms with Crippen LogP contribution in [-0.4, -0.2) is 65.5 Å². The topological polar surface area (TPSA) is 101 Å². The van der Waals surface area contributed by atoms with Gasteiger partial charge in [-0.2, -0.15) is 10.1 Å². The van der Waals surface area contributed by atoms with Gasteiger partial charge in [0.1, 0.15) is 0 Å². The number of hydrogen-bond acceptors (Lipinski definition) is 10. The van der Waals surface area contributed by atoms with Crippen molar-refractivity contribution < 1.29 is 9.47 Å². The van der Waals surface area contributed by atoms with Crippen LogP contribution in [0.15, 0.2) is 42.9 Å². The molecule has 0 bridgehead atoms. The Labute approximate surface area is 168 Å². The van der Waals surface area contributed by atoms with E-state index in [4.69, 9.17) is 9.47 Å². The molecule has 1 N–H and O–H groups in total. The quantitative estimate of drug-likeness (QED) is 0.665. The van der Waals surface area contributed by atoms with Gasteiger partial charge in [-0.1, -0.05) is 0 Å². The van der Waals surface area contributed by atoms with E-state index < -0.39 is 0 Å². The third-order valence-corrected chi connectivity index (χ3v) is 4.60. The second-order valence-electron chi connectivity index (χ2n) is 6.36. The number of aromatic nitrogens is 5. The third kappa shape index (κ3) is 4.26. The molecule has 1 saturated heterocycles. The fourth-order valence-corrected chi connectivity index (χ4v) is 3.11. The summed E-state index contributed by atoms with van der Waals surface area (Å²) in [4.78, 5) is 17.5. The van der Waals surface area contributed by atoms with Crippen LogP contribution in [-0.2, 0) is 0 Å². The molecule has 150 valence electrons. The number of piperazine rings is 1. The maximum atomic E-state index is 5.34. The van der Waals surface area contributed by atoms with E-state index in [0.29, 0.717) is 23.3 Å². The van der Waals surface area contributed by atoms with Gasteiger partial charge in [0, 0.05) is 50.3 Å². The van der Waals surface area contributed by atoms with Crippen LogP contribution in [0.5, 0.6) is 11.5 Å². The smallest absolute Gasteiger partial charge is 0.247 e. The van der Waals surface area contributed by atoms with Gasteiger partial charge >= 0.3 is 0 Å². The SMILES string of the molecule is COc1ccc(Nc2cnnc(N3CCN(c4ncccn4)CC3)n2)cc1OC. The predicted octanol–water partition coefficient (Wildman–Crippen LogP) is 1.75. The molecule has 29 heavy (non-hydrogen) atoms. The van der Waals surface area contributed by atoms with Crippen LogP contribution in [0.25, 0.3) is 0 Å². The maximum Gasteiger partial charge on any atom is 0.247 e. The highest BCUT2D eigenvalue weighted by atomic mass is 16.5. The Hall–Kier alpha value is -3.69. The number of nitrogens with one attached hydrogen (secondary N) is 1. The fourth-order valence-electron chi connectivity index (χ4n) is 3.11. The van der Waals surface area contributed by atoms with Gasteiger partial charge in [-0.15, -0.1) is 5.10 Å².